The van der Waals surface area contributed by atoms with Crippen LogP contribution in [0.25, 0.3) is 0 Å². The van der Waals surface area contributed by atoms with Gasteiger partial charge in [-0.15, -0.1) is 0 Å². The van der Waals surface area contributed by atoms with Crippen molar-refractivity contribution in [1.29, 1.82) is 0 Å². The van der Waals surface area contributed by atoms with Gasteiger partial charge in [0, 0.05) is 35.2 Å². The van der Waals surface area contributed by atoms with Gasteiger partial charge in [0.25, 0.3) is 11.6 Å². The van der Waals surface area contributed by atoms with E-state index in [1.807, 2.05) is 35.8 Å². The molecule has 0 atom stereocenters. The van der Waals surface area contributed by atoms with Gasteiger partial charge in [-0.2, -0.15) is 5.48 Å². The highest BCUT2D eigenvalue weighted by Gasteiger charge is 2.11. The lowest BCUT2D eigenvalue weighted by Crippen LogP contribution is -2.26. The Kier molecular flexibility index (Phi) is 5.83. The van der Waals surface area contributed by atoms with Crippen LogP contribution in [0.4, 0.5) is 11.4 Å². The lowest BCUT2D eigenvalue weighted by Gasteiger charge is -2.07. The van der Waals surface area contributed by atoms with Gasteiger partial charge in [0.15, 0.2) is 0 Å². The van der Waals surface area contributed by atoms with Crippen molar-refractivity contribution in [3.05, 3.63) is 82.0 Å². The average molecular weight is 341 g/mol. The summed E-state index contributed by atoms with van der Waals surface area (Å²) in [6.45, 7) is 1.67. The number of benzene rings is 2. The number of hydrogen-bond acceptors (Lipinski definition) is 6. The number of amides is 1. The number of anilines is 1. The predicted molar refractivity (Wildman–Crippen MR) is 90.5 cm³/mol. The number of nitro benzene ring substituents is 1. The molecule has 0 aliphatic carbocycles. The van der Waals surface area contributed by atoms with Crippen molar-refractivity contribution in [3.8, 4) is 0 Å². The van der Waals surface area contributed by atoms with E-state index < -0.39 is 16.8 Å². The van der Waals surface area contributed by atoms with Crippen molar-refractivity contribution < 1.29 is 19.3 Å². The fraction of sp³-hybridized carbons (Fsp3) is 0.0588. The molecule has 0 aliphatic rings. The molecule has 8 nitrogen and oxygen atoms in total. The van der Waals surface area contributed by atoms with Gasteiger partial charge in [0.05, 0.1) is 4.92 Å². The van der Waals surface area contributed by atoms with Crippen molar-refractivity contribution in [2.24, 2.45) is 0 Å². The lowest BCUT2D eigenvalue weighted by atomic mass is 10.2. The molecule has 0 fully saturated rings. The predicted octanol–water partition coefficient (Wildman–Crippen LogP) is 2.80. The molecule has 0 bridgehead atoms. The van der Waals surface area contributed by atoms with Crippen LogP contribution in [0, 0.1) is 10.1 Å². The van der Waals surface area contributed by atoms with Crippen LogP contribution >= 0.6 is 0 Å². The van der Waals surface area contributed by atoms with Crippen LogP contribution in [0.2, 0.25) is 0 Å². The molecular weight excluding hydrogens is 326 g/mol. The van der Waals surface area contributed by atoms with Crippen LogP contribution in [0.3, 0.4) is 0 Å². The summed E-state index contributed by atoms with van der Waals surface area (Å²) in [5.41, 5.74) is 3.31. The van der Waals surface area contributed by atoms with Gasteiger partial charge < -0.3 is 10.2 Å². The number of carbonyl (C=O) groups is 2. The molecule has 0 aliphatic heterocycles. The topological polar surface area (TPSA) is 111 Å². The third-order valence-corrected chi connectivity index (χ3v) is 3.03. The minimum absolute atomic E-state index is 0.126. The first-order valence-electron chi connectivity index (χ1n) is 7.21. The summed E-state index contributed by atoms with van der Waals surface area (Å²) >= 11 is 0. The Morgan fingerprint density at radius 3 is 2.32 bits per heavy atom. The smallest absolute Gasteiger partial charge is 0.357 e. The minimum Gasteiger partial charge on any atom is -0.359 e. The largest absolute Gasteiger partial charge is 0.359 e. The molecule has 2 aromatic carbocycles. The number of nitrogens with one attached hydrogen (secondary N) is 2. The number of para-hydroxylation sites is 1. The number of hydroxylamine groups is 1. The fourth-order valence-electron chi connectivity index (χ4n) is 1.88. The molecule has 0 saturated heterocycles. The Labute approximate surface area is 143 Å². The molecule has 8 heteroatoms. The van der Waals surface area contributed by atoms with E-state index in [2.05, 4.69) is 10.2 Å². The van der Waals surface area contributed by atoms with Gasteiger partial charge in [-0.1, -0.05) is 18.2 Å². The molecule has 0 spiro atoms. The quantitative estimate of drug-likeness (QED) is 0.491. The SMILES string of the molecule is C/C(=C/C(=O)ONC(=O)c1ccc([N+](=O)[O-])cc1)Nc1ccccc1. The van der Waals surface area contributed by atoms with E-state index in [4.69, 9.17) is 0 Å². The molecule has 25 heavy (non-hydrogen) atoms. The number of rotatable bonds is 5. The molecular formula is C17H15N3O5. The molecule has 1 amide bonds. The summed E-state index contributed by atoms with van der Waals surface area (Å²) < 4.78 is 0. The van der Waals surface area contributed by atoms with Crippen LogP contribution < -0.4 is 10.8 Å². The average Bonchev–Trinajstić information content (AvgIpc) is 2.60. The first-order chi connectivity index (χ1) is 12.0. The Hall–Kier alpha value is -3.68. The van der Waals surface area contributed by atoms with E-state index in [1.165, 1.54) is 30.3 Å². The van der Waals surface area contributed by atoms with Crippen LogP contribution in [-0.4, -0.2) is 16.8 Å². The van der Waals surface area contributed by atoms with Gasteiger partial charge in [0.2, 0.25) is 0 Å². The summed E-state index contributed by atoms with van der Waals surface area (Å²) in [5.74, 6) is -1.46. The zero-order valence-corrected chi connectivity index (χ0v) is 13.3. The van der Waals surface area contributed by atoms with Crippen molar-refractivity contribution in [3.63, 3.8) is 0 Å². The lowest BCUT2D eigenvalue weighted by molar-refractivity contribution is -0.384. The van der Waals surface area contributed by atoms with E-state index in [0.29, 0.717) is 5.70 Å². The summed E-state index contributed by atoms with van der Waals surface area (Å²) in [7, 11) is 0. The maximum absolute atomic E-state index is 11.8. The highest BCUT2D eigenvalue weighted by molar-refractivity contribution is 5.95. The Bertz CT molecular complexity index is 801. The first kappa shape index (κ1) is 17.7. The van der Waals surface area contributed by atoms with E-state index in [9.17, 15) is 19.7 Å². The van der Waals surface area contributed by atoms with Crippen LogP contribution in [0.1, 0.15) is 17.3 Å². The van der Waals surface area contributed by atoms with Crippen LogP contribution in [-0.2, 0) is 9.63 Å². The van der Waals surface area contributed by atoms with Gasteiger partial charge in [-0.3, -0.25) is 14.9 Å². The second kappa shape index (κ2) is 8.25. The zero-order valence-electron chi connectivity index (χ0n) is 13.3. The van der Waals surface area contributed by atoms with Crippen molar-refractivity contribution in [2.45, 2.75) is 6.92 Å². The molecule has 2 aromatic rings. The Morgan fingerprint density at radius 1 is 1.08 bits per heavy atom. The molecule has 0 heterocycles. The van der Waals surface area contributed by atoms with Gasteiger partial charge >= 0.3 is 5.97 Å². The number of nitro groups is 1. The zero-order chi connectivity index (χ0) is 18.2. The summed E-state index contributed by atoms with van der Waals surface area (Å²) in [5, 5.41) is 13.5. The maximum atomic E-state index is 11.8. The monoisotopic (exact) mass is 341 g/mol. The number of carbonyl (C=O) groups excluding carboxylic acids is 2. The second-order valence-corrected chi connectivity index (χ2v) is 4.97. The van der Waals surface area contributed by atoms with Crippen LogP contribution in [0.15, 0.2) is 66.4 Å². The molecule has 0 unspecified atom stereocenters. The Morgan fingerprint density at radius 2 is 1.72 bits per heavy atom. The summed E-state index contributed by atoms with van der Waals surface area (Å²) in [6, 6.07) is 14.1. The number of nitrogens with zero attached hydrogens (tertiary/aromatic N) is 1. The number of allylic oxidation sites excluding steroid dienone is 1. The van der Waals surface area contributed by atoms with Gasteiger partial charge in [-0.05, 0) is 31.2 Å². The standard InChI is InChI=1S/C17H15N3O5/c1-12(18-14-5-3-2-4-6-14)11-16(21)25-19-17(22)13-7-9-15(10-8-13)20(23)24/h2-11,18H,1H3,(H,19,22)/b12-11-. The molecule has 2 N–H and O–H groups in total. The summed E-state index contributed by atoms with van der Waals surface area (Å²) in [4.78, 5) is 38.1. The molecule has 0 saturated carbocycles. The van der Waals surface area contributed by atoms with E-state index in [-0.39, 0.29) is 11.3 Å². The van der Waals surface area contributed by atoms with E-state index >= 15 is 0 Å². The third kappa shape index (κ3) is 5.47. The normalized spacial score (nSPS) is 10.7. The van der Waals surface area contributed by atoms with E-state index in [0.717, 1.165) is 5.69 Å². The maximum Gasteiger partial charge on any atom is 0.357 e. The molecule has 128 valence electrons. The van der Waals surface area contributed by atoms with Crippen molar-refractivity contribution >= 4 is 23.3 Å². The number of hydrogen-bond donors (Lipinski definition) is 2. The van der Waals surface area contributed by atoms with Crippen LogP contribution in [0.5, 0.6) is 0 Å². The highest BCUT2D eigenvalue weighted by atomic mass is 16.7. The molecule has 0 radical (unpaired) electrons. The molecule has 0 aromatic heterocycles. The summed E-state index contributed by atoms with van der Waals surface area (Å²) in [6.07, 6.45) is 1.18. The van der Waals surface area contributed by atoms with E-state index in [1.54, 1.807) is 6.92 Å². The highest BCUT2D eigenvalue weighted by Crippen LogP contribution is 2.12. The van der Waals surface area contributed by atoms with Crippen molar-refractivity contribution in [2.75, 3.05) is 5.32 Å². The fourth-order valence-corrected chi connectivity index (χ4v) is 1.88. The van der Waals surface area contributed by atoms with Gasteiger partial charge in [0.1, 0.15) is 0 Å². The van der Waals surface area contributed by atoms with Crippen molar-refractivity contribution in [1.82, 2.24) is 5.48 Å². The van der Waals surface area contributed by atoms with Gasteiger partial charge in [-0.25, -0.2) is 4.79 Å². The molecule has 2 rings (SSSR count). The first-order valence-corrected chi connectivity index (χ1v) is 7.21. The minimum atomic E-state index is -0.767. The third-order valence-electron chi connectivity index (χ3n) is 3.03. The number of non-ortho nitro benzene ring substituents is 1. The second-order valence-electron chi connectivity index (χ2n) is 4.97. The Balaban J connectivity index is 1.87.